The number of aliphatic hydroxyl groups excluding tert-OH is 2. The molecule has 4 nitrogen and oxygen atoms in total. The van der Waals surface area contributed by atoms with Crippen molar-refractivity contribution < 1.29 is 15.1 Å². The Morgan fingerprint density at radius 2 is 1.74 bits per heavy atom. The molecule has 2 rings (SSSR count). The maximum absolute atomic E-state index is 10.1. The van der Waals surface area contributed by atoms with Crippen molar-refractivity contribution in [1.82, 2.24) is 5.06 Å². The molecule has 0 unspecified atom stereocenters. The number of aliphatic hydroxyl groups is 2. The molecule has 0 aliphatic heterocycles. The average molecular weight is 321 g/mol. The van der Waals surface area contributed by atoms with E-state index in [-0.39, 0.29) is 18.8 Å². The molecule has 1 fully saturated rings. The summed E-state index contributed by atoms with van der Waals surface area (Å²) in [6, 6.07) is 10.2. The molecule has 23 heavy (non-hydrogen) atoms. The van der Waals surface area contributed by atoms with E-state index in [4.69, 9.17) is 4.84 Å². The fourth-order valence-electron chi connectivity index (χ4n) is 3.55. The summed E-state index contributed by atoms with van der Waals surface area (Å²) in [7, 11) is 0. The van der Waals surface area contributed by atoms with E-state index >= 15 is 0 Å². The van der Waals surface area contributed by atoms with Gasteiger partial charge < -0.3 is 10.2 Å². The average Bonchev–Trinajstić information content (AvgIpc) is 2.60. The summed E-state index contributed by atoms with van der Waals surface area (Å²) in [5.74, 6) is 0. The smallest absolute Gasteiger partial charge is 0.0726 e. The Balaban J connectivity index is 2.08. The van der Waals surface area contributed by atoms with Crippen LogP contribution in [-0.4, -0.2) is 46.2 Å². The molecule has 0 spiro atoms. The molecule has 1 aliphatic carbocycles. The van der Waals surface area contributed by atoms with E-state index in [0.717, 1.165) is 32.1 Å². The summed E-state index contributed by atoms with van der Waals surface area (Å²) in [6.45, 7) is 4.57. The predicted molar refractivity (Wildman–Crippen MR) is 92.0 cm³/mol. The largest absolute Gasteiger partial charge is 0.394 e. The van der Waals surface area contributed by atoms with Gasteiger partial charge in [0.15, 0.2) is 0 Å². The van der Waals surface area contributed by atoms with Gasteiger partial charge >= 0.3 is 0 Å². The third-order valence-corrected chi connectivity index (χ3v) is 4.90. The lowest BCUT2D eigenvalue weighted by molar-refractivity contribution is -0.292. The van der Waals surface area contributed by atoms with Crippen LogP contribution in [0.5, 0.6) is 0 Å². The van der Waals surface area contributed by atoms with E-state index in [9.17, 15) is 10.2 Å². The molecular formula is C19H31NO3. The molecule has 0 atom stereocenters. The zero-order valence-electron chi connectivity index (χ0n) is 14.5. The minimum atomic E-state index is -0.517. The second kappa shape index (κ2) is 8.25. The molecule has 0 aromatic heterocycles. The normalized spacial score (nSPS) is 18.3. The van der Waals surface area contributed by atoms with Crippen LogP contribution >= 0.6 is 0 Å². The van der Waals surface area contributed by atoms with Gasteiger partial charge in [0.1, 0.15) is 0 Å². The third-order valence-electron chi connectivity index (χ3n) is 4.90. The number of hydrogen-bond donors (Lipinski definition) is 2. The second-order valence-corrected chi connectivity index (χ2v) is 7.28. The summed E-state index contributed by atoms with van der Waals surface area (Å²) in [4.78, 5) is 6.15. The zero-order chi connectivity index (χ0) is 16.8. The van der Waals surface area contributed by atoms with Gasteiger partial charge in [0.2, 0.25) is 0 Å². The minimum Gasteiger partial charge on any atom is -0.394 e. The van der Waals surface area contributed by atoms with Crippen LogP contribution in [0.25, 0.3) is 0 Å². The fourth-order valence-corrected chi connectivity index (χ4v) is 3.55. The standard InChI is InChI=1S/C19H31NO3/c1-18(2,15-21)20(19(16-22)12-7-4-8-13-19)23-14-11-17-9-5-3-6-10-17/h3,5-6,9-10,21-22H,4,7-8,11-16H2,1-2H3. The molecular weight excluding hydrogens is 290 g/mol. The Morgan fingerprint density at radius 3 is 2.30 bits per heavy atom. The molecule has 0 heterocycles. The first-order chi connectivity index (χ1) is 11.0. The zero-order valence-corrected chi connectivity index (χ0v) is 14.5. The number of hydrogen-bond acceptors (Lipinski definition) is 4. The van der Waals surface area contributed by atoms with Crippen LogP contribution in [0.2, 0.25) is 0 Å². The molecule has 2 N–H and O–H groups in total. The summed E-state index contributed by atoms with van der Waals surface area (Å²) in [5, 5.41) is 21.8. The molecule has 0 saturated heterocycles. The Bertz CT molecular complexity index is 455. The predicted octanol–water partition coefficient (Wildman–Crippen LogP) is 2.93. The van der Waals surface area contributed by atoms with Crippen LogP contribution in [0.4, 0.5) is 0 Å². The lowest BCUT2D eigenvalue weighted by Gasteiger charge is -2.50. The lowest BCUT2D eigenvalue weighted by atomic mass is 9.80. The lowest BCUT2D eigenvalue weighted by Crippen LogP contribution is -2.62. The highest BCUT2D eigenvalue weighted by molar-refractivity contribution is 5.14. The van der Waals surface area contributed by atoms with Gasteiger partial charge in [0.25, 0.3) is 0 Å². The van der Waals surface area contributed by atoms with Gasteiger partial charge in [-0.2, -0.15) is 5.06 Å². The van der Waals surface area contributed by atoms with Gasteiger partial charge in [0.05, 0.1) is 30.9 Å². The summed E-state index contributed by atoms with van der Waals surface area (Å²) < 4.78 is 0. The molecule has 1 aromatic carbocycles. The Morgan fingerprint density at radius 1 is 1.09 bits per heavy atom. The Hall–Kier alpha value is -0.940. The molecule has 4 heteroatoms. The maximum atomic E-state index is 10.1. The van der Waals surface area contributed by atoms with Gasteiger partial charge in [-0.05, 0) is 38.7 Å². The van der Waals surface area contributed by atoms with E-state index in [2.05, 4.69) is 12.1 Å². The molecule has 1 aliphatic rings. The molecule has 130 valence electrons. The van der Waals surface area contributed by atoms with E-state index < -0.39 is 5.54 Å². The van der Waals surface area contributed by atoms with Gasteiger partial charge in [-0.3, -0.25) is 4.84 Å². The number of nitrogens with zero attached hydrogens (tertiary/aromatic N) is 1. The first-order valence-electron chi connectivity index (χ1n) is 8.73. The van der Waals surface area contributed by atoms with Crippen molar-refractivity contribution in [3.63, 3.8) is 0 Å². The fraction of sp³-hybridized carbons (Fsp3) is 0.684. The SMILES string of the molecule is CC(C)(CO)N(OCCc1ccccc1)C1(CO)CCCCC1. The van der Waals surface area contributed by atoms with Crippen LogP contribution in [0.15, 0.2) is 30.3 Å². The van der Waals surface area contributed by atoms with Crippen LogP contribution in [0.1, 0.15) is 51.5 Å². The highest BCUT2D eigenvalue weighted by Crippen LogP contribution is 2.38. The van der Waals surface area contributed by atoms with Crippen molar-refractivity contribution >= 4 is 0 Å². The van der Waals surface area contributed by atoms with Crippen LogP contribution < -0.4 is 0 Å². The molecule has 0 amide bonds. The Kier molecular flexibility index (Phi) is 6.60. The van der Waals surface area contributed by atoms with E-state index in [1.165, 1.54) is 12.0 Å². The maximum Gasteiger partial charge on any atom is 0.0726 e. The molecule has 0 bridgehead atoms. The first-order valence-corrected chi connectivity index (χ1v) is 8.73. The Labute approximate surface area is 140 Å². The molecule has 0 radical (unpaired) electrons. The topological polar surface area (TPSA) is 52.9 Å². The van der Waals surface area contributed by atoms with Crippen molar-refractivity contribution in [2.75, 3.05) is 19.8 Å². The minimum absolute atomic E-state index is 0.0000863. The highest BCUT2D eigenvalue weighted by atomic mass is 16.7. The van der Waals surface area contributed by atoms with Crippen LogP contribution in [0.3, 0.4) is 0 Å². The van der Waals surface area contributed by atoms with Crippen molar-refractivity contribution in [3.05, 3.63) is 35.9 Å². The van der Waals surface area contributed by atoms with Crippen molar-refractivity contribution in [1.29, 1.82) is 0 Å². The summed E-state index contributed by atoms with van der Waals surface area (Å²) >= 11 is 0. The van der Waals surface area contributed by atoms with Crippen LogP contribution in [-0.2, 0) is 11.3 Å². The van der Waals surface area contributed by atoms with Crippen molar-refractivity contribution in [2.45, 2.75) is 63.5 Å². The number of hydroxylamine groups is 2. The van der Waals surface area contributed by atoms with Crippen LogP contribution in [0, 0.1) is 0 Å². The third kappa shape index (κ3) is 4.54. The van der Waals surface area contributed by atoms with Crippen molar-refractivity contribution in [2.24, 2.45) is 0 Å². The first kappa shape index (κ1) is 18.4. The second-order valence-electron chi connectivity index (χ2n) is 7.28. The van der Waals surface area contributed by atoms with Crippen molar-refractivity contribution in [3.8, 4) is 0 Å². The summed E-state index contributed by atoms with van der Waals surface area (Å²) in [5.41, 5.74) is 0.341. The van der Waals surface area contributed by atoms with Gasteiger partial charge in [-0.1, -0.05) is 49.6 Å². The van der Waals surface area contributed by atoms with Gasteiger partial charge in [-0.15, -0.1) is 0 Å². The molecule has 1 saturated carbocycles. The van der Waals surface area contributed by atoms with E-state index in [0.29, 0.717) is 6.61 Å². The molecule has 1 aromatic rings. The monoisotopic (exact) mass is 321 g/mol. The number of benzene rings is 1. The quantitative estimate of drug-likeness (QED) is 0.723. The summed E-state index contributed by atoms with van der Waals surface area (Å²) in [6.07, 6.45) is 6.05. The number of rotatable bonds is 8. The van der Waals surface area contributed by atoms with Gasteiger partial charge in [-0.25, -0.2) is 0 Å². The highest BCUT2D eigenvalue weighted by Gasteiger charge is 2.45. The van der Waals surface area contributed by atoms with E-state index in [1.54, 1.807) is 0 Å². The van der Waals surface area contributed by atoms with E-state index in [1.807, 2.05) is 37.1 Å². The van der Waals surface area contributed by atoms with Gasteiger partial charge in [0, 0.05) is 0 Å².